The molecular weight excluding hydrogens is 298 g/mol. The summed E-state index contributed by atoms with van der Waals surface area (Å²) in [4.78, 5) is 11.8. The summed E-state index contributed by atoms with van der Waals surface area (Å²) in [5.41, 5.74) is 5.04. The molecule has 0 bridgehead atoms. The lowest BCUT2D eigenvalue weighted by atomic mass is 9.80. The number of fused-ring (bicyclic) bond motifs is 1. The van der Waals surface area contributed by atoms with E-state index in [1.165, 1.54) is 18.4 Å². The number of hydrogen-bond acceptors (Lipinski definition) is 2. The van der Waals surface area contributed by atoms with Gasteiger partial charge in [-0.1, -0.05) is 30.3 Å². The first-order valence-corrected chi connectivity index (χ1v) is 8.02. The SMILES string of the molecule is COC(=O)c1ccc2c(c1)C(C)(C)C(C=Cc1ccccc1)=[N+]2C. The predicted octanol–water partition coefficient (Wildman–Crippen LogP) is 4.19. The van der Waals surface area contributed by atoms with Crippen LogP contribution < -0.4 is 0 Å². The van der Waals surface area contributed by atoms with Crippen molar-refractivity contribution in [1.29, 1.82) is 0 Å². The zero-order valence-corrected chi connectivity index (χ0v) is 14.5. The van der Waals surface area contributed by atoms with Crippen LogP contribution in [0, 0.1) is 0 Å². The Morgan fingerprint density at radius 2 is 1.79 bits per heavy atom. The first-order valence-electron chi connectivity index (χ1n) is 8.02. The molecule has 3 heteroatoms. The zero-order valence-electron chi connectivity index (χ0n) is 14.5. The average molecular weight is 320 g/mol. The third-order valence-electron chi connectivity index (χ3n) is 4.69. The van der Waals surface area contributed by atoms with Crippen LogP contribution >= 0.6 is 0 Å². The number of carbonyl (C=O) groups is 1. The molecule has 2 aromatic carbocycles. The molecule has 0 atom stereocenters. The van der Waals surface area contributed by atoms with Crippen molar-refractivity contribution in [2.45, 2.75) is 19.3 Å². The van der Waals surface area contributed by atoms with Gasteiger partial charge in [0.15, 0.2) is 5.71 Å². The highest BCUT2D eigenvalue weighted by atomic mass is 16.5. The van der Waals surface area contributed by atoms with Gasteiger partial charge < -0.3 is 4.74 Å². The number of nitrogens with zero attached hydrogens (tertiary/aromatic N) is 1. The van der Waals surface area contributed by atoms with Crippen LogP contribution in [0.15, 0.2) is 54.6 Å². The quantitative estimate of drug-likeness (QED) is 0.627. The van der Waals surface area contributed by atoms with Crippen molar-refractivity contribution in [3.63, 3.8) is 0 Å². The van der Waals surface area contributed by atoms with E-state index in [0.717, 1.165) is 11.3 Å². The number of esters is 1. The highest BCUT2D eigenvalue weighted by Crippen LogP contribution is 2.40. The van der Waals surface area contributed by atoms with Gasteiger partial charge >= 0.3 is 5.97 Å². The van der Waals surface area contributed by atoms with E-state index in [4.69, 9.17) is 4.74 Å². The lowest BCUT2D eigenvalue weighted by Crippen LogP contribution is -2.26. The molecule has 0 amide bonds. The summed E-state index contributed by atoms with van der Waals surface area (Å²) in [5, 5.41) is 0. The van der Waals surface area contributed by atoms with Crippen LogP contribution in [0.25, 0.3) is 6.08 Å². The van der Waals surface area contributed by atoms with Crippen molar-refractivity contribution in [3.05, 3.63) is 71.3 Å². The molecule has 0 aromatic heterocycles. The summed E-state index contributed by atoms with van der Waals surface area (Å²) in [6.07, 6.45) is 4.29. The van der Waals surface area contributed by atoms with E-state index in [-0.39, 0.29) is 11.4 Å². The van der Waals surface area contributed by atoms with Gasteiger partial charge in [-0.3, -0.25) is 0 Å². The Hall–Kier alpha value is -2.68. The van der Waals surface area contributed by atoms with Gasteiger partial charge in [0.1, 0.15) is 7.05 Å². The second-order valence-corrected chi connectivity index (χ2v) is 6.54. The Morgan fingerprint density at radius 1 is 1.08 bits per heavy atom. The van der Waals surface area contributed by atoms with Crippen LogP contribution in [0.2, 0.25) is 0 Å². The molecule has 2 aromatic rings. The third kappa shape index (κ3) is 2.67. The van der Waals surface area contributed by atoms with E-state index in [2.05, 4.69) is 49.8 Å². The number of benzene rings is 2. The summed E-state index contributed by atoms with van der Waals surface area (Å²) in [6, 6.07) is 16.0. The normalized spacial score (nSPS) is 15.7. The Balaban J connectivity index is 2.02. The number of hydrogen-bond donors (Lipinski definition) is 0. The second-order valence-electron chi connectivity index (χ2n) is 6.54. The molecular formula is C21H22NO2+. The lowest BCUT2D eigenvalue weighted by molar-refractivity contribution is -0.401. The molecule has 3 nitrogen and oxygen atoms in total. The first-order chi connectivity index (χ1) is 11.4. The van der Waals surface area contributed by atoms with Crippen LogP contribution in [-0.2, 0) is 10.2 Å². The standard InChI is InChI=1S/C21H22NO2/c1-21(2)17-14-16(20(23)24-4)11-12-18(17)22(3)19(21)13-10-15-8-6-5-7-9-15/h5-14H,1-4H3/q+1. The molecule has 1 heterocycles. The molecule has 122 valence electrons. The maximum Gasteiger partial charge on any atom is 0.337 e. The molecule has 0 saturated carbocycles. The fourth-order valence-corrected chi connectivity index (χ4v) is 3.32. The number of rotatable bonds is 3. The molecule has 0 aliphatic carbocycles. The van der Waals surface area contributed by atoms with Crippen LogP contribution in [0.3, 0.4) is 0 Å². The number of carbonyl (C=O) groups excluding carboxylic acids is 1. The Kier molecular flexibility index (Phi) is 4.10. The summed E-state index contributed by atoms with van der Waals surface area (Å²) in [7, 11) is 3.48. The van der Waals surface area contributed by atoms with E-state index >= 15 is 0 Å². The Labute approximate surface area is 142 Å². The van der Waals surface area contributed by atoms with Crippen molar-refractivity contribution in [1.82, 2.24) is 0 Å². The fraction of sp³-hybridized carbons (Fsp3) is 0.238. The summed E-state index contributed by atoms with van der Waals surface area (Å²) >= 11 is 0. The molecule has 0 radical (unpaired) electrons. The van der Waals surface area contributed by atoms with Crippen LogP contribution in [0.1, 0.15) is 35.3 Å². The smallest absolute Gasteiger partial charge is 0.337 e. The van der Waals surface area contributed by atoms with Gasteiger partial charge in [-0.25, -0.2) is 4.79 Å². The molecule has 0 fully saturated rings. The van der Waals surface area contributed by atoms with Gasteiger partial charge in [-0.2, -0.15) is 4.58 Å². The van der Waals surface area contributed by atoms with Crippen LogP contribution in [0.5, 0.6) is 0 Å². The molecule has 0 saturated heterocycles. The summed E-state index contributed by atoms with van der Waals surface area (Å²) in [6.45, 7) is 4.36. The lowest BCUT2D eigenvalue weighted by Gasteiger charge is -2.16. The van der Waals surface area contributed by atoms with Gasteiger partial charge in [0, 0.05) is 17.7 Å². The Morgan fingerprint density at radius 3 is 2.46 bits per heavy atom. The monoisotopic (exact) mass is 320 g/mol. The third-order valence-corrected chi connectivity index (χ3v) is 4.69. The van der Waals surface area contributed by atoms with Gasteiger partial charge in [0.2, 0.25) is 5.69 Å². The molecule has 0 unspecified atom stereocenters. The fourth-order valence-electron chi connectivity index (χ4n) is 3.32. The van der Waals surface area contributed by atoms with Crippen LogP contribution in [0.4, 0.5) is 5.69 Å². The highest BCUT2D eigenvalue weighted by molar-refractivity contribution is 6.05. The molecule has 1 aliphatic heterocycles. The topological polar surface area (TPSA) is 29.3 Å². The average Bonchev–Trinajstić information content (AvgIpc) is 2.79. The number of allylic oxidation sites excluding steroid dienone is 1. The minimum Gasteiger partial charge on any atom is -0.465 e. The first kappa shape index (κ1) is 16.2. The van der Waals surface area contributed by atoms with E-state index in [0.29, 0.717) is 5.56 Å². The van der Waals surface area contributed by atoms with Gasteiger partial charge in [-0.15, -0.1) is 0 Å². The van der Waals surface area contributed by atoms with Crippen molar-refractivity contribution >= 4 is 23.4 Å². The molecule has 24 heavy (non-hydrogen) atoms. The highest BCUT2D eigenvalue weighted by Gasteiger charge is 2.43. The van der Waals surface area contributed by atoms with Crippen molar-refractivity contribution in [3.8, 4) is 0 Å². The number of ether oxygens (including phenoxy) is 1. The van der Waals surface area contributed by atoms with E-state index < -0.39 is 0 Å². The maximum atomic E-state index is 11.8. The minimum absolute atomic E-state index is 0.181. The van der Waals surface area contributed by atoms with E-state index in [1.807, 2.05) is 36.4 Å². The number of methoxy groups -OCH3 is 1. The minimum atomic E-state index is -0.301. The largest absolute Gasteiger partial charge is 0.465 e. The van der Waals surface area contributed by atoms with Crippen molar-refractivity contribution in [2.75, 3.05) is 14.2 Å². The summed E-state index contributed by atoms with van der Waals surface area (Å²) in [5.74, 6) is -0.301. The van der Waals surface area contributed by atoms with Crippen LogP contribution in [-0.4, -0.2) is 30.4 Å². The molecule has 3 rings (SSSR count). The molecule has 0 N–H and O–H groups in total. The van der Waals surface area contributed by atoms with E-state index in [1.54, 1.807) is 0 Å². The van der Waals surface area contributed by atoms with Crippen molar-refractivity contribution < 1.29 is 14.1 Å². The van der Waals surface area contributed by atoms with Gasteiger partial charge in [-0.05, 0) is 37.6 Å². The zero-order chi connectivity index (χ0) is 17.3. The maximum absolute atomic E-state index is 11.8. The van der Waals surface area contributed by atoms with Gasteiger partial charge in [0.05, 0.1) is 18.1 Å². The van der Waals surface area contributed by atoms with Crippen molar-refractivity contribution in [2.24, 2.45) is 0 Å². The van der Waals surface area contributed by atoms with E-state index in [9.17, 15) is 4.79 Å². The molecule has 1 aliphatic rings. The second kappa shape index (κ2) is 6.08. The predicted molar refractivity (Wildman–Crippen MR) is 97.1 cm³/mol. The summed E-state index contributed by atoms with van der Waals surface area (Å²) < 4.78 is 7.04. The molecule has 0 spiro atoms. The Bertz CT molecular complexity index is 845. The van der Waals surface area contributed by atoms with Gasteiger partial charge in [0.25, 0.3) is 0 Å².